The normalized spacial score (nSPS) is 25.2. The minimum absolute atomic E-state index is 0.215. The van der Waals surface area contributed by atoms with E-state index < -0.39 is 5.79 Å². The second-order valence-electron chi connectivity index (χ2n) is 4.81. The monoisotopic (exact) mass is 386 g/mol. The molecule has 1 fully saturated rings. The summed E-state index contributed by atoms with van der Waals surface area (Å²) in [5, 5.41) is 1.79. The molecule has 3 rings (SSSR count). The summed E-state index contributed by atoms with van der Waals surface area (Å²) >= 11 is 16.0. The minimum Gasteiger partial charge on any atom is -0.342 e. The average Bonchev–Trinajstić information content (AvgIpc) is 2.93. The van der Waals surface area contributed by atoms with Gasteiger partial charge in [0, 0.05) is 21.2 Å². The van der Waals surface area contributed by atoms with Crippen LogP contribution in [0.15, 0.2) is 48.5 Å². The lowest BCUT2D eigenvalue weighted by molar-refractivity contribution is -0.157. The van der Waals surface area contributed by atoms with E-state index in [9.17, 15) is 0 Å². The lowest BCUT2D eigenvalue weighted by atomic mass is 10.1. The van der Waals surface area contributed by atoms with Gasteiger partial charge in [0.15, 0.2) is 0 Å². The standard InChI is InChI=1S/C16H13BrCl2O2/c17-10-16(12-6-2-4-8-14(12)19)20-9-15(21-16)11-5-1-3-7-13(11)18/h1-8,15H,9-10H2. The van der Waals surface area contributed by atoms with Gasteiger partial charge in [0.25, 0.3) is 0 Å². The molecule has 2 unspecified atom stereocenters. The maximum atomic E-state index is 6.29. The molecule has 0 aromatic heterocycles. The molecule has 0 saturated carbocycles. The van der Waals surface area contributed by atoms with Gasteiger partial charge in [0.05, 0.1) is 11.9 Å². The SMILES string of the molecule is Clc1ccccc1C1COC(CBr)(c2ccccc2Cl)O1. The number of hydrogen-bond donors (Lipinski definition) is 0. The van der Waals surface area contributed by atoms with E-state index in [1.165, 1.54) is 0 Å². The molecule has 0 amide bonds. The quantitative estimate of drug-likeness (QED) is 0.662. The van der Waals surface area contributed by atoms with Crippen molar-refractivity contribution < 1.29 is 9.47 Å². The number of hydrogen-bond acceptors (Lipinski definition) is 2. The van der Waals surface area contributed by atoms with Gasteiger partial charge in [0.1, 0.15) is 6.10 Å². The first-order chi connectivity index (χ1) is 10.2. The largest absolute Gasteiger partial charge is 0.342 e. The summed E-state index contributed by atoms with van der Waals surface area (Å²) in [5.74, 6) is -0.887. The molecule has 0 bridgehead atoms. The fourth-order valence-corrected chi connectivity index (χ4v) is 3.58. The third-order valence-corrected chi connectivity index (χ3v) is 4.92. The van der Waals surface area contributed by atoms with Crippen molar-refractivity contribution in [3.63, 3.8) is 0 Å². The van der Waals surface area contributed by atoms with Gasteiger partial charge in [-0.05, 0) is 12.1 Å². The molecule has 2 atom stereocenters. The van der Waals surface area contributed by atoms with Crippen LogP contribution in [0.25, 0.3) is 0 Å². The first kappa shape index (κ1) is 15.3. The highest BCUT2D eigenvalue weighted by atomic mass is 79.9. The molecule has 5 heteroatoms. The molecular weight excluding hydrogens is 375 g/mol. The Morgan fingerprint density at radius 2 is 1.71 bits per heavy atom. The summed E-state index contributed by atoms with van der Waals surface area (Å²) < 4.78 is 12.2. The highest BCUT2D eigenvalue weighted by Crippen LogP contribution is 2.44. The third kappa shape index (κ3) is 2.86. The fraction of sp³-hybridized carbons (Fsp3) is 0.250. The molecule has 0 spiro atoms. The molecule has 1 aliphatic rings. The van der Waals surface area contributed by atoms with E-state index in [2.05, 4.69) is 15.9 Å². The van der Waals surface area contributed by atoms with Crippen molar-refractivity contribution in [1.82, 2.24) is 0 Å². The fourth-order valence-electron chi connectivity index (χ4n) is 2.45. The predicted octanol–water partition coefficient (Wildman–Crippen LogP) is 5.33. The Morgan fingerprint density at radius 3 is 2.38 bits per heavy atom. The second kappa shape index (κ2) is 6.27. The highest BCUT2D eigenvalue weighted by Gasteiger charge is 2.44. The van der Waals surface area contributed by atoms with Crippen molar-refractivity contribution in [3.05, 3.63) is 69.7 Å². The van der Waals surface area contributed by atoms with Crippen LogP contribution in [0.2, 0.25) is 10.0 Å². The smallest absolute Gasteiger partial charge is 0.207 e. The summed E-state index contributed by atoms with van der Waals surface area (Å²) in [7, 11) is 0. The van der Waals surface area contributed by atoms with Crippen molar-refractivity contribution in [2.75, 3.05) is 11.9 Å². The van der Waals surface area contributed by atoms with E-state index in [1.807, 2.05) is 48.5 Å². The van der Waals surface area contributed by atoms with Crippen LogP contribution in [0, 0.1) is 0 Å². The number of benzene rings is 2. The Balaban J connectivity index is 1.94. The number of alkyl halides is 1. The van der Waals surface area contributed by atoms with Gasteiger partial charge in [-0.25, -0.2) is 0 Å². The maximum absolute atomic E-state index is 6.29. The Kier molecular flexibility index (Phi) is 4.57. The zero-order valence-corrected chi connectivity index (χ0v) is 14.2. The van der Waals surface area contributed by atoms with Crippen LogP contribution in [0.4, 0.5) is 0 Å². The van der Waals surface area contributed by atoms with Crippen molar-refractivity contribution in [2.45, 2.75) is 11.9 Å². The summed E-state index contributed by atoms with van der Waals surface area (Å²) in [6.07, 6.45) is -0.215. The van der Waals surface area contributed by atoms with Crippen molar-refractivity contribution >= 4 is 39.1 Å². The molecule has 2 aromatic rings. The van der Waals surface area contributed by atoms with Gasteiger partial charge in [-0.15, -0.1) is 0 Å². The topological polar surface area (TPSA) is 18.5 Å². The van der Waals surface area contributed by atoms with Gasteiger partial charge in [-0.1, -0.05) is 75.5 Å². The van der Waals surface area contributed by atoms with Crippen molar-refractivity contribution in [3.8, 4) is 0 Å². The predicted molar refractivity (Wildman–Crippen MR) is 88.2 cm³/mol. The lowest BCUT2D eigenvalue weighted by Crippen LogP contribution is -2.29. The summed E-state index contributed by atoms with van der Waals surface area (Å²) in [6, 6.07) is 15.2. The molecule has 0 N–H and O–H groups in total. The zero-order valence-electron chi connectivity index (χ0n) is 11.1. The molecule has 21 heavy (non-hydrogen) atoms. The summed E-state index contributed by atoms with van der Waals surface area (Å²) in [4.78, 5) is 0. The summed E-state index contributed by atoms with van der Waals surface area (Å²) in [5.41, 5.74) is 1.74. The maximum Gasteiger partial charge on any atom is 0.207 e. The summed E-state index contributed by atoms with van der Waals surface area (Å²) in [6.45, 7) is 0.431. The van der Waals surface area contributed by atoms with Gasteiger partial charge in [-0.2, -0.15) is 0 Å². The Labute approximate surface area is 142 Å². The van der Waals surface area contributed by atoms with E-state index in [0.29, 0.717) is 22.0 Å². The molecule has 2 nitrogen and oxygen atoms in total. The third-order valence-electron chi connectivity index (χ3n) is 3.51. The van der Waals surface area contributed by atoms with E-state index in [4.69, 9.17) is 32.7 Å². The van der Waals surface area contributed by atoms with Crippen molar-refractivity contribution in [2.24, 2.45) is 0 Å². The molecule has 0 radical (unpaired) electrons. The molecule has 1 saturated heterocycles. The van der Waals surface area contributed by atoms with Crippen LogP contribution in [0.1, 0.15) is 17.2 Å². The van der Waals surface area contributed by atoms with Crippen molar-refractivity contribution in [1.29, 1.82) is 0 Å². The number of rotatable bonds is 3. The van der Waals surface area contributed by atoms with Gasteiger partial charge < -0.3 is 9.47 Å². The zero-order chi connectivity index (χ0) is 14.9. The molecule has 0 aliphatic carbocycles. The molecular formula is C16H13BrCl2O2. The molecule has 110 valence electrons. The molecule has 1 heterocycles. The molecule has 1 aliphatic heterocycles. The van der Waals surface area contributed by atoms with E-state index in [-0.39, 0.29) is 6.10 Å². The van der Waals surface area contributed by atoms with Crippen LogP contribution in [0.3, 0.4) is 0 Å². The second-order valence-corrected chi connectivity index (χ2v) is 6.18. The average molecular weight is 388 g/mol. The Hall–Kier alpha value is -0.580. The van der Waals surface area contributed by atoms with Crippen LogP contribution in [0.5, 0.6) is 0 Å². The lowest BCUT2D eigenvalue weighted by Gasteiger charge is -2.27. The van der Waals surface area contributed by atoms with E-state index in [1.54, 1.807) is 0 Å². The minimum atomic E-state index is -0.887. The first-order valence-electron chi connectivity index (χ1n) is 6.53. The van der Waals surface area contributed by atoms with Crippen LogP contribution in [-0.4, -0.2) is 11.9 Å². The van der Waals surface area contributed by atoms with Gasteiger partial charge in [0.2, 0.25) is 5.79 Å². The highest BCUT2D eigenvalue weighted by molar-refractivity contribution is 9.09. The van der Waals surface area contributed by atoms with E-state index in [0.717, 1.165) is 11.1 Å². The first-order valence-corrected chi connectivity index (χ1v) is 8.41. The molecule has 2 aromatic carbocycles. The number of ether oxygens (including phenoxy) is 2. The Bertz CT molecular complexity index is 650. The Morgan fingerprint density at radius 1 is 1.05 bits per heavy atom. The van der Waals surface area contributed by atoms with Crippen LogP contribution < -0.4 is 0 Å². The van der Waals surface area contributed by atoms with Gasteiger partial charge in [-0.3, -0.25) is 0 Å². The van der Waals surface area contributed by atoms with Crippen LogP contribution in [-0.2, 0) is 15.3 Å². The van der Waals surface area contributed by atoms with E-state index >= 15 is 0 Å². The van der Waals surface area contributed by atoms with Crippen LogP contribution >= 0.6 is 39.1 Å². The number of halogens is 3. The van der Waals surface area contributed by atoms with Gasteiger partial charge >= 0.3 is 0 Å².